The van der Waals surface area contributed by atoms with Gasteiger partial charge in [-0.2, -0.15) is 11.3 Å². The summed E-state index contributed by atoms with van der Waals surface area (Å²) in [6.45, 7) is 5.90. The highest BCUT2D eigenvalue weighted by molar-refractivity contribution is 7.07. The van der Waals surface area contributed by atoms with Crippen molar-refractivity contribution in [3.63, 3.8) is 0 Å². The molecular weight excluding hydrogens is 304 g/mol. The standard InChI is InChI=1S/C18H24N4S/c1-6-19-18(20-7-1)22-9-3-16(4-10-22)17-2-8-21(13-17)12-15-5-11-23-14-15/h1,5-7,11,14,16-17H,2-4,8-10,12-13H2/t17-/m1/s1. The topological polar surface area (TPSA) is 32.3 Å². The van der Waals surface area contributed by atoms with Gasteiger partial charge in [-0.1, -0.05) is 0 Å². The minimum absolute atomic E-state index is 0.877. The third kappa shape index (κ3) is 3.56. The maximum absolute atomic E-state index is 4.39. The number of hydrogen-bond acceptors (Lipinski definition) is 5. The highest BCUT2D eigenvalue weighted by Crippen LogP contribution is 2.33. The van der Waals surface area contributed by atoms with Crippen molar-refractivity contribution in [1.82, 2.24) is 14.9 Å². The van der Waals surface area contributed by atoms with Gasteiger partial charge in [0.2, 0.25) is 5.95 Å². The number of nitrogens with zero attached hydrogens (tertiary/aromatic N) is 4. The minimum Gasteiger partial charge on any atom is -0.341 e. The normalized spacial score (nSPS) is 23.5. The molecule has 0 N–H and O–H groups in total. The second-order valence-electron chi connectivity index (χ2n) is 6.79. The molecule has 23 heavy (non-hydrogen) atoms. The number of anilines is 1. The lowest BCUT2D eigenvalue weighted by Crippen LogP contribution is -2.37. The third-order valence-corrected chi connectivity index (χ3v) is 6.07. The maximum Gasteiger partial charge on any atom is 0.225 e. The van der Waals surface area contributed by atoms with Crippen LogP contribution in [0.2, 0.25) is 0 Å². The Morgan fingerprint density at radius 3 is 2.57 bits per heavy atom. The Balaban J connectivity index is 1.28. The Morgan fingerprint density at radius 2 is 1.83 bits per heavy atom. The maximum atomic E-state index is 4.39. The van der Waals surface area contributed by atoms with Crippen LogP contribution in [-0.2, 0) is 6.54 Å². The molecule has 4 nitrogen and oxygen atoms in total. The number of piperidine rings is 1. The van der Waals surface area contributed by atoms with Crippen LogP contribution in [0.25, 0.3) is 0 Å². The van der Waals surface area contributed by atoms with Crippen LogP contribution < -0.4 is 4.90 Å². The first-order chi connectivity index (χ1) is 11.4. The molecule has 0 aliphatic carbocycles. The van der Waals surface area contributed by atoms with Gasteiger partial charge in [0, 0.05) is 38.6 Å². The van der Waals surface area contributed by atoms with E-state index in [1.54, 1.807) is 11.3 Å². The molecule has 2 aliphatic heterocycles. The lowest BCUT2D eigenvalue weighted by atomic mass is 9.84. The fourth-order valence-corrected chi connectivity index (χ4v) is 4.72. The Hall–Kier alpha value is -1.46. The molecule has 4 heterocycles. The van der Waals surface area contributed by atoms with Crippen molar-refractivity contribution in [2.75, 3.05) is 31.1 Å². The predicted octanol–water partition coefficient (Wildman–Crippen LogP) is 3.28. The molecule has 0 unspecified atom stereocenters. The molecule has 0 aromatic carbocycles. The molecule has 2 fully saturated rings. The van der Waals surface area contributed by atoms with Gasteiger partial charge < -0.3 is 4.90 Å². The second kappa shape index (κ2) is 6.97. The molecule has 0 saturated carbocycles. The lowest BCUT2D eigenvalue weighted by Gasteiger charge is -2.34. The molecule has 0 amide bonds. The van der Waals surface area contributed by atoms with E-state index in [-0.39, 0.29) is 0 Å². The third-order valence-electron chi connectivity index (χ3n) is 5.34. The Morgan fingerprint density at radius 1 is 1.04 bits per heavy atom. The van der Waals surface area contributed by atoms with Crippen molar-refractivity contribution in [3.8, 4) is 0 Å². The van der Waals surface area contributed by atoms with Gasteiger partial charge in [0.05, 0.1) is 0 Å². The average molecular weight is 328 g/mol. The fourth-order valence-electron chi connectivity index (χ4n) is 4.06. The molecule has 5 heteroatoms. The van der Waals surface area contributed by atoms with Crippen LogP contribution in [0.15, 0.2) is 35.3 Å². The van der Waals surface area contributed by atoms with Crippen LogP contribution in [0.5, 0.6) is 0 Å². The van der Waals surface area contributed by atoms with E-state index >= 15 is 0 Å². The van der Waals surface area contributed by atoms with E-state index in [1.807, 2.05) is 18.5 Å². The molecule has 4 rings (SSSR count). The lowest BCUT2D eigenvalue weighted by molar-refractivity contribution is 0.252. The zero-order valence-corrected chi connectivity index (χ0v) is 14.3. The van der Waals surface area contributed by atoms with E-state index < -0.39 is 0 Å². The number of hydrogen-bond donors (Lipinski definition) is 0. The monoisotopic (exact) mass is 328 g/mol. The predicted molar refractivity (Wildman–Crippen MR) is 94.7 cm³/mol. The smallest absolute Gasteiger partial charge is 0.225 e. The molecule has 0 spiro atoms. The van der Waals surface area contributed by atoms with E-state index in [1.165, 1.54) is 37.9 Å². The number of thiophene rings is 1. The quantitative estimate of drug-likeness (QED) is 0.862. The Labute approximate surface area is 142 Å². The molecule has 1 atom stereocenters. The molecule has 2 aliphatic rings. The van der Waals surface area contributed by atoms with Gasteiger partial charge in [-0.3, -0.25) is 4.90 Å². The van der Waals surface area contributed by atoms with Gasteiger partial charge in [-0.15, -0.1) is 0 Å². The summed E-state index contributed by atoms with van der Waals surface area (Å²) in [5.74, 6) is 2.66. The van der Waals surface area contributed by atoms with Crippen molar-refractivity contribution in [1.29, 1.82) is 0 Å². The summed E-state index contributed by atoms with van der Waals surface area (Å²) in [7, 11) is 0. The molecule has 2 aromatic rings. The summed E-state index contributed by atoms with van der Waals surface area (Å²) >= 11 is 1.81. The van der Waals surface area contributed by atoms with Crippen LogP contribution in [-0.4, -0.2) is 41.0 Å². The summed E-state index contributed by atoms with van der Waals surface area (Å²) in [4.78, 5) is 13.8. The molecule has 0 bridgehead atoms. The van der Waals surface area contributed by atoms with Crippen LogP contribution in [0.1, 0.15) is 24.8 Å². The van der Waals surface area contributed by atoms with Crippen molar-refractivity contribution in [2.24, 2.45) is 11.8 Å². The first-order valence-corrected chi connectivity index (χ1v) is 9.58. The summed E-state index contributed by atoms with van der Waals surface area (Å²) in [6, 6.07) is 4.15. The average Bonchev–Trinajstić information content (AvgIpc) is 3.28. The van der Waals surface area contributed by atoms with E-state index in [2.05, 4.69) is 36.6 Å². The van der Waals surface area contributed by atoms with Crippen LogP contribution in [0, 0.1) is 11.8 Å². The SMILES string of the molecule is c1cnc(N2CCC([C@@H]3CCN(Cc4ccsc4)C3)CC2)nc1. The highest BCUT2D eigenvalue weighted by atomic mass is 32.1. The fraction of sp³-hybridized carbons (Fsp3) is 0.556. The van der Waals surface area contributed by atoms with Crippen molar-refractivity contribution >= 4 is 17.3 Å². The van der Waals surface area contributed by atoms with Gasteiger partial charge >= 0.3 is 0 Å². The van der Waals surface area contributed by atoms with E-state index in [9.17, 15) is 0 Å². The summed E-state index contributed by atoms with van der Waals surface area (Å²) < 4.78 is 0. The summed E-state index contributed by atoms with van der Waals surface area (Å²) in [6.07, 6.45) is 7.63. The highest BCUT2D eigenvalue weighted by Gasteiger charge is 2.32. The first kappa shape index (κ1) is 15.1. The van der Waals surface area contributed by atoms with E-state index in [0.717, 1.165) is 37.4 Å². The first-order valence-electron chi connectivity index (χ1n) is 8.64. The molecule has 122 valence electrons. The van der Waals surface area contributed by atoms with Crippen molar-refractivity contribution in [2.45, 2.75) is 25.8 Å². The number of rotatable bonds is 4. The van der Waals surface area contributed by atoms with Gasteiger partial charge in [0.25, 0.3) is 0 Å². The Bertz CT molecular complexity index is 593. The minimum atomic E-state index is 0.877. The second-order valence-corrected chi connectivity index (χ2v) is 7.57. The van der Waals surface area contributed by atoms with E-state index in [0.29, 0.717) is 0 Å². The van der Waals surface area contributed by atoms with Gasteiger partial charge in [0.15, 0.2) is 0 Å². The van der Waals surface area contributed by atoms with Crippen LogP contribution >= 0.6 is 11.3 Å². The summed E-state index contributed by atoms with van der Waals surface area (Å²) in [5, 5.41) is 4.47. The Kier molecular flexibility index (Phi) is 4.57. The zero-order valence-electron chi connectivity index (χ0n) is 13.5. The molecule has 2 aromatic heterocycles. The van der Waals surface area contributed by atoms with Crippen LogP contribution in [0.3, 0.4) is 0 Å². The largest absolute Gasteiger partial charge is 0.341 e. The zero-order chi connectivity index (χ0) is 15.5. The van der Waals surface area contributed by atoms with Gasteiger partial charge in [-0.05, 0) is 66.1 Å². The van der Waals surface area contributed by atoms with E-state index in [4.69, 9.17) is 0 Å². The van der Waals surface area contributed by atoms with Gasteiger partial charge in [0.1, 0.15) is 0 Å². The molecular formula is C18H24N4S. The van der Waals surface area contributed by atoms with Crippen molar-refractivity contribution in [3.05, 3.63) is 40.8 Å². The van der Waals surface area contributed by atoms with Gasteiger partial charge in [-0.25, -0.2) is 9.97 Å². The number of aromatic nitrogens is 2. The summed E-state index contributed by atoms with van der Waals surface area (Å²) in [5.41, 5.74) is 1.48. The van der Waals surface area contributed by atoms with Crippen molar-refractivity contribution < 1.29 is 0 Å². The van der Waals surface area contributed by atoms with Crippen LogP contribution in [0.4, 0.5) is 5.95 Å². The number of likely N-dealkylation sites (tertiary alicyclic amines) is 1. The molecule has 0 radical (unpaired) electrons. The molecule has 2 saturated heterocycles.